The molecule has 0 saturated heterocycles. The lowest BCUT2D eigenvalue weighted by molar-refractivity contribution is -0.143. The number of nitrogens with two attached hydrogens (primary N) is 4. The monoisotopic (exact) mass is 754 g/mol. The van der Waals surface area contributed by atoms with Crippen LogP contribution in [0.4, 0.5) is 0 Å². The SMILES string of the molecule is NC(=O)C[C@@H](NC(=O)[C@H](CSSC[C@H](NC(=O)CCC[C@H](N)C(=O)O)C(=O)N[C@H](CC(N)=O)C(=O)O)NC(=O)CCC[C@H](N)C(=O)O)C(=O)O. The van der Waals surface area contributed by atoms with Gasteiger partial charge in [0, 0.05) is 24.3 Å². The molecule has 0 rings (SSSR count). The van der Waals surface area contributed by atoms with E-state index in [1.807, 2.05) is 0 Å². The Morgan fingerprint density at radius 1 is 0.500 bits per heavy atom. The minimum absolute atomic E-state index is 0.0147. The lowest BCUT2D eigenvalue weighted by Crippen LogP contribution is -2.53. The van der Waals surface area contributed by atoms with Crippen LogP contribution >= 0.6 is 21.6 Å². The van der Waals surface area contributed by atoms with E-state index in [9.17, 15) is 58.2 Å². The Hall–Kier alpha value is -4.68. The molecule has 0 bridgehead atoms. The Kier molecular flexibility index (Phi) is 21.4. The summed E-state index contributed by atoms with van der Waals surface area (Å²) in [5.41, 5.74) is 20.9. The zero-order valence-electron chi connectivity index (χ0n) is 26.5. The second-order valence-electron chi connectivity index (χ2n) is 10.6. The van der Waals surface area contributed by atoms with Gasteiger partial charge < -0.3 is 64.6 Å². The number of carbonyl (C=O) groups is 10. The number of hydrogen-bond acceptors (Lipinski definition) is 14. The fourth-order valence-corrected chi connectivity index (χ4v) is 6.02. The summed E-state index contributed by atoms with van der Waals surface area (Å²) in [4.78, 5) is 118. The van der Waals surface area contributed by atoms with Crippen LogP contribution in [0, 0.1) is 0 Å². The number of primary amides is 2. The first-order valence-electron chi connectivity index (χ1n) is 14.7. The molecule has 0 heterocycles. The zero-order valence-corrected chi connectivity index (χ0v) is 28.2. The highest BCUT2D eigenvalue weighted by Gasteiger charge is 2.30. The second kappa shape index (κ2) is 23.6. The average molecular weight is 755 g/mol. The summed E-state index contributed by atoms with van der Waals surface area (Å²) in [6.45, 7) is 0. The number of carboxylic acid groups (broad SMARTS) is 4. The second-order valence-corrected chi connectivity index (χ2v) is 13.2. The predicted octanol–water partition coefficient (Wildman–Crippen LogP) is -4.61. The fraction of sp³-hybridized carbons (Fsp3) is 0.615. The normalized spacial score (nSPS) is 14.4. The number of rotatable bonds is 27. The van der Waals surface area contributed by atoms with Crippen LogP contribution in [-0.4, -0.2) is 128 Å². The molecule has 282 valence electrons. The van der Waals surface area contributed by atoms with Gasteiger partial charge in [-0.15, -0.1) is 0 Å². The molecule has 0 unspecified atom stereocenters. The van der Waals surface area contributed by atoms with Gasteiger partial charge in [0.1, 0.15) is 36.3 Å². The van der Waals surface area contributed by atoms with E-state index in [4.69, 9.17) is 33.1 Å². The van der Waals surface area contributed by atoms with Crippen molar-refractivity contribution >= 4 is 80.9 Å². The summed E-state index contributed by atoms with van der Waals surface area (Å²) in [5, 5.41) is 45.4. The molecule has 24 heteroatoms. The number of nitrogens with one attached hydrogen (secondary N) is 4. The predicted molar refractivity (Wildman–Crippen MR) is 174 cm³/mol. The molecule has 0 fully saturated rings. The molecule has 16 N–H and O–H groups in total. The van der Waals surface area contributed by atoms with Gasteiger partial charge >= 0.3 is 23.9 Å². The Morgan fingerprint density at radius 3 is 1.08 bits per heavy atom. The molecule has 0 saturated carbocycles. The maximum Gasteiger partial charge on any atom is 0.326 e. The summed E-state index contributed by atoms with van der Waals surface area (Å²) in [5.74, 6) is -12.0. The third-order valence-corrected chi connectivity index (χ3v) is 8.79. The molecule has 0 aromatic carbocycles. The third-order valence-electron chi connectivity index (χ3n) is 6.37. The van der Waals surface area contributed by atoms with Gasteiger partial charge in [-0.2, -0.15) is 0 Å². The highest BCUT2D eigenvalue weighted by Crippen LogP contribution is 2.23. The fourth-order valence-electron chi connectivity index (χ4n) is 3.69. The van der Waals surface area contributed by atoms with Crippen molar-refractivity contribution in [3.63, 3.8) is 0 Å². The van der Waals surface area contributed by atoms with Crippen molar-refractivity contribution in [2.45, 2.75) is 87.6 Å². The van der Waals surface area contributed by atoms with E-state index in [1.165, 1.54) is 0 Å². The Morgan fingerprint density at radius 2 is 0.820 bits per heavy atom. The van der Waals surface area contributed by atoms with Gasteiger partial charge in [0.05, 0.1) is 12.8 Å². The van der Waals surface area contributed by atoms with Crippen LogP contribution in [0.25, 0.3) is 0 Å². The first-order valence-corrected chi connectivity index (χ1v) is 17.2. The Balaban J connectivity index is 5.78. The molecule has 0 aromatic heterocycles. The van der Waals surface area contributed by atoms with Gasteiger partial charge in [0.15, 0.2) is 0 Å². The molecule has 0 spiro atoms. The minimum Gasteiger partial charge on any atom is -0.480 e. The van der Waals surface area contributed by atoms with Crippen LogP contribution in [0.5, 0.6) is 0 Å². The first kappa shape index (κ1) is 45.3. The molecule has 0 aromatic rings. The van der Waals surface area contributed by atoms with Crippen molar-refractivity contribution in [1.29, 1.82) is 0 Å². The molecule has 0 aliphatic carbocycles. The number of aliphatic carboxylic acids is 4. The van der Waals surface area contributed by atoms with Crippen molar-refractivity contribution in [1.82, 2.24) is 21.3 Å². The molecule has 6 amide bonds. The smallest absolute Gasteiger partial charge is 0.326 e. The minimum atomic E-state index is -1.75. The van der Waals surface area contributed by atoms with Gasteiger partial charge in [-0.3, -0.25) is 38.4 Å². The average Bonchev–Trinajstić information content (AvgIpc) is 3.00. The number of amides is 6. The standard InChI is InChI=1S/C26H42N8O14S2/c27-11(23(41)42)3-1-5-19(37)31-15(21(39)33-13(25(45)46)7-17(29)35)9-49-50-10-16(22(40)34-14(26(47)48)8-18(30)36)32-20(38)6-2-4-12(28)24(43)44/h11-16H,1-10,27-28H2,(H2,29,35)(H2,30,36)(H,31,37)(H,32,38)(H,33,39)(H,34,40)(H,41,42)(H,43,44)(H,45,46)(H,47,48)/t11-,12-,13+,14+,15-,16-/m0/s1. The lowest BCUT2D eigenvalue weighted by atomic mass is 10.1. The molecular weight excluding hydrogens is 712 g/mol. The first-order chi connectivity index (χ1) is 23.2. The molecule has 6 atom stereocenters. The lowest BCUT2D eigenvalue weighted by Gasteiger charge is -2.22. The maximum absolute atomic E-state index is 13.0. The molecule has 0 aliphatic rings. The van der Waals surface area contributed by atoms with E-state index < -0.39 is 108 Å². The van der Waals surface area contributed by atoms with E-state index in [-0.39, 0.29) is 50.0 Å². The summed E-state index contributed by atoms with van der Waals surface area (Å²) in [6.07, 6.45) is -2.21. The van der Waals surface area contributed by atoms with Crippen molar-refractivity contribution in [2.75, 3.05) is 11.5 Å². The van der Waals surface area contributed by atoms with E-state index >= 15 is 0 Å². The van der Waals surface area contributed by atoms with Crippen LogP contribution < -0.4 is 44.2 Å². The highest BCUT2D eigenvalue weighted by molar-refractivity contribution is 8.76. The third kappa shape index (κ3) is 20.0. The van der Waals surface area contributed by atoms with Crippen LogP contribution in [0.3, 0.4) is 0 Å². The number of carboxylic acids is 4. The van der Waals surface area contributed by atoms with Crippen LogP contribution in [0.1, 0.15) is 51.4 Å². The van der Waals surface area contributed by atoms with Gasteiger partial charge in [-0.25, -0.2) is 9.59 Å². The topological polar surface area (TPSA) is 404 Å². The highest BCUT2D eigenvalue weighted by atomic mass is 33.1. The van der Waals surface area contributed by atoms with Gasteiger partial charge in [0.25, 0.3) is 0 Å². The van der Waals surface area contributed by atoms with E-state index in [2.05, 4.69) is 21.3 Å². The van der Waals surface area contributed by atoms with E-state index in [0.29, 0.717) is 0 Å². The van der Waals surface area contributed by atoms with Gasteiger partial charge in [-0.1, -0.05) is 21.6 Å². The van der Waals surface area contributed by atoms with Crippen molar-refractivity contribution in [3.05, 3.63) is 0 Å². The Labute approximate surface area is 292 Å². The maximum atomic E-state index is 13.0. The summed E-state index contributed by atoms with van der Waals surface area (Å²) >= 11 is 0. The quantitative estimate of drug-likeness (QED) is 0.0277. The molecular formula is C26H42N8O14S2. The van der Waals surface area contributed by atoms with Gasteiger partial charge in [-0.05, 0) is 25.7 Å². The van der Waals surface area contributed by atoms with Crippen LogP contribution in [0.2, 0.25) is 0 Å². The molecule has 0 radical (unpaired) electrons. The molecule has 50 heavy (non-hydrogen) atoms. The summed E-state index contributed by atoms with van der Waals surface area (Å²) in [7, 11) is 1.70. The van der Waals surface area contributed by atoms with Crippen molar-refractivity contribution in [2.24, 2.45) is 22.9 Å². The van der Waals surface area contributed by atoms with Crippen molar-refractivity contribution in [3.8, 4) is 0 Å². The van der Waals surface area contributed by atoms with Crippen LogP contribution in [0.15, 0.2) is 0 Å². The summed E-state index contributed by atoms with van der Waals surface area (Å²) in [6, 6.07) is -8.88. The van der Waals surface area contributed by atoms with Crippen molar-refractivity contribution < 1.29 is 68.4 Å². The van der Waals surface area contributed by atoms with E-state index in [1.54, 1.807) is 0 Å². The van der Waals surface area contributed by atoms with E-state index in [0.717, 1.165) is 21.6 Å². The number of carbonyl (C=O) groups excluding carboxylic acids is 6. The zero-order chi connectivity index (χ0) is 38.6. The Bertz CT molecular complexity index is 1180. The van der Waals surface area contributed by atoms with Crippen LogP contribution in [-0.2, 0) is 47.9 Å². The van der Waals surface area contributed by atoms with Gasteiger partial charge in [0.2, 0.25) is 35.4 Å². The number of hydrogen-bond donors (Lipinski definition) is 12. The largest absolute Gasteiger partial charge is 0.480 e. The molecule has 22 nitrogen and oxygen atoms in total. The molecule has 0 aliphatic heterocycles. The summed E-state index contributed by atoms with van der Waals surface area (Å²) < 4.78 is 0.